The van der Waals surface area contributed by atoms with E-state index in [0.29, 0.717) is 6.61 Å². The van der Waals surface area contributed by atoms with Gasteiger partial charge in [0, 0.05) is 0 Å². The van der Waals surface area contributed by atoms with Gasteiger partial charge in [0.1, 0.15) is 11.8 Å². The highest BCUT2D eigenvalue weighted by Gasteiger charge is 2.16. The molecule has 0 spiro atoms. The average molecular weight is 237 g/mol. The number of nitrogens with two attached hydrogens (primary N) is 1. The Kier molecular flexibility index (Phi) is 5.49. The fraction of sp³-hybridized carbons (Fsp3) is 0.462. The molecule has 1 aromatic carbocycles. The van der Waals surface area contributed by atoms with Crippen molar-refractivity contribution in [3.63, 3.8) is 0 Å². The molecule has 0 aromatic heterocycles. The lowest BCUT2D eigenvalue weighted by atomic mass is 10.1. The predicted octanol–water partition coefficient (Wildman–Crippen LogP) is 2.04. The van der Waals surface area contributed by atoms with Gasteiger partial charge in [0.25, 0.3) is 0 Å². The van der Waals surface area contributed by atoms with Crippen LogP contribution in [0.4, 0.5) is 0 Å². The molecular weight excluding hydrogens is 218 g/mol. The summed E-state index contributed by atoms with van der Waals surface area (Å²) in [6.45, 7) is 2.47. The van der Waals surface area contributed by atoms with Gasteiger partial charge in [-0.05, 0) is 24.1 Å². The van der Waals surface area contributed by atoms with Gasteiger partial charge < -0.3 is 15.2 Å². The van der Waals surface area contributed by atoms with Crippen molar-refractivity contribution in [3.8, 4) is 5.75 Å². The van der Waals surface area contributed by atoms with E-state index >= 15 is 0 Å². The molecule has 4 heteroatoms. The first-order valence-electron chi connectivity index (χ1n) is 5.75. The second-order valence-electron chi connectivity index (χ2n) is 3.77. The van der Waals surface area contributed by atoms with Crippen LogP contribution in [-0.4, -0.2) is 19.7 Å². The zero-order valence-electron chi connectivity index (χ0n) is 10.3. The minimum atomic E-state index is -0.724. The third-order valence-corrected chi connectivity index (χ3v) is 2.47. The number of hydrogen-bond acceptors (Lipinski definition) is 4. The number of ether oxygens (including phenoxy) is 2. The molecule has 0 unspecified atom stereocenters. The number of hydrogen-bond donors (Lipinski definition) is 1. The lowest BCUT2D eigenvalue weighted by Gasteiger charge is -2.12. The van der Waals surface area contributed by atoms with Crippen LogP contribution in [0.25, 0.3) is 0 Å². The van der Waals surface area contributed by atoms with Gasteiger partial charge in [-0.25, -0.2) is 4.79 Å². The first-order chi connectivity index (χ1) is 8.19. The van der Waals surface area contributed by atoms with E-state index in [1.165, 1.54) is 0 Å². The Morgan fingerprint density at radius 1 is 1.35 bits per heavy atom. The van der Waals surface area contributed by atoms with Gasteiger partial charge in [-0.3, -0.25) is 0 Å². The molecule has 94 valence electrons. The van der Waals surface area contributed by atoms with Gasteiger partial charge in [0.2, 0.25) is 0 Å². The van der Waals surface area contributed by atoms with Gasteiger partial charge in [-0.15, -0.1) is 0 Å². The van der Waals surface area contributed by atoms with Gasteiger partial charge >= 0.3 is 5.97 Å². The number of benzene rings is 1. The van der Waals surface area contributed by atoms with Crippen molar-refractivity contribution in [2.75, 3.05) is 13.7 Å². The summed E-state index contributed by atoms with van der Waals surface area (Å²) in [6, 6.07) is 6.36. The number of carbonyl (C=O) groups is 1. The van der Waals surface area contributed by atoms with E-state index in [9.17, 15) is 4.79 Å². The van der Waals surface area contributed by atoms with Gasteiger partial charge in [-0.2, -0.15) is 0 Å². The summed E-state index contributed by atoms with van der Waals surface area (Å²) >= 11 is 0. The summed E-state index contributed by atoms with van der Waals surface area (Å²) in [6.07, 6.45) is 1.85. The van der Waals surface area contributed by atoms with Crippen LogP contribution in [0.15, 0.2) is 24.3 Å². The molecular formula is C13H19NO3. The molecule has 1 atom stereocenters. The van der Waals surface area contributed by atoms with E-state index in [1.54, 1.807) is 31.4 Å². The number of methoxy groups -OCH3 is 1. The zero-order valence-corrected chi connectivity index (χ0v) is 10.3. The molecule has 0 fully saturated rings. The molecule has 0 saturated heterocycles. The van der Waals surface area contributed by atoms with E-state index < -0.39 is 6.04 Å². The standard InChI is InChI=1S/C13H19NO3/c1-3-4-9-17-13(15)12(14)10-5-7-11(16-2)8-6-10/h5-8,12H,3-4,9,14H2,1-2H3/t12-/m0/s1. The molecule has 0 aliphatic rings. The van der Waals surface area contributed by atoms with Crippen molar-refractivity contribution in [1.82, 2.24) is 0 Å². The second-order valence-corrected chi connectivity index (χ2v) is 3.77. The van der Waals surface area contributed by atoms with Crippen LogP contribution in [0.3, 0.4) is 0 Å². The lowest BCUT2D eigenvalue weighted by molar-refractivity contribution is -0.145. The van der Waals surface area contributed by atoms with E-state index in [-0.39, 0.29) is 5.97 Å². The Balaban J connectivity index is 2.55. The van der Waals surface area contributed by atoms with Crippen LogP contribution in [0, 0.1) is 0 Å². The van der Waals surface area contributed by atoms with Crippen molar-refractivity contribution in [1.29, 1.82) is 0 Å². The molecule has 0 aliphatic carbocycles. The van der Waals surface area contributed by atoms with Gasteiger partial charge in [0.15, 0.2) is 0 Å². The maximum atomic E-state index is 11.6. The van der Waals surface area contributed by atoms with Crippen molar-refractivity contribution >= 4 is 5.97 Å². The summed E-state index contributed by atoms with van der Waals surface area (Å²) in [5.74, 6) is 0.351. The van der Waals surface area contributed by atoms with Crippen LogP contribution < -0.4 is 10.5 Å². The van der Waals surface area contributed by atoms with E-state index in [1.807, 2.05) is 6.92 Å². The number of unbranched alkanes of at least 4 members (excludes halogenated alkanes) is 1. The highest BCUT2D eigenvalue weighted by molar-refractivity contribution is 5.77. The van der Waals surface area contributed by atoms with E-state index in [0.717, 1.165) is 24.2 Å². The minimum absolute atomic E-state index is 0.386. The van der Waals surface area contributed by atoms with Gasteiger partial charge in [0.05, 0.1) is 13.7 Å². The van der Waals surface area contributed by atoms with Crippen molar-refractivity contribution in [2.45, 2.75) is 25.8 Å². The summed E-state index contributed by atoms with van der Waals surface area (Å²) in [4.78, 5) is 11.6. The molecule has 17 heavy (non-hydrogen) atoms. The van der Waals surface area contributed by atoms with Crippen LogP contribution in [0.5, 0.6) is 5.75 Å². The minimum Gasteiger partial charge on any atom is -0.497 e. The highest BCUT2D eigenvalue weighted by atomic mass is 16.5. The summed E-state index contributed by atoms with van der Waals surface area (Å²) < 4.78 is 10.1. The Morgan fingerprint density at radius 2 is 2.00 bits per heavy atom. The Labute approximate surface area is 102 Å². The van der Waals surface area contributed by atoms with Crippen LogP contribution >= 0.6 is 0 Å². The number of esters is 1. The molecule has 0 amide bonds. The molecule has 4 nitrogen and oxygen atoms in total. The van der Waals surface area contributed by atoms with Crippen molar-refractivity contribution in [3.05, 3.63) is 29.8 Å². The fourth-order valence-electron chi connectivity index (χ4n) is 1.35. The third-order valence-electron chi connectivity index (χ3n) is 2.47. The molecule has 0 aliphatic heterocycles. The SMILES string of the molecule is CCCCOC(=O)[C@@H](N)c1ccc(OC)cc1. The molecule has 0 bridgehead atoms. The molecule has 0 saturated carbocycles. The van der Waals surface area contributed by atoms with Crippen LogP contribution in [0.2, 0.25) is 0 Å². The molecule has 2 N–H and O–H groups in total. The fourth-order valence-corrected chi connectivity index (χ4v) is 1.35. The number of carbonyl (C=O) groups excluding carboxylic acids is 1. The smallest absolute Gasteiger partial charge is 0.327 e. The summed E-state index contributed by atoms with van der Waals surface area (Å²) in [5, 5.41) is 0. The molecule has 0 heterocycles. The summed E-state index contributed by atoms with van der Waals surface area (Å²) in [5.41, 5.74) is 6.53. The normalized spacial score (nSPS) is 11.9. The highest BCUT2D eigenvalue weighted by Crippen LogP contribution is 2.17. The Bertz CT molecular complexity index is 348. The second kappa shape index (κ2) is 6.91. The maximum Gasteiger partial charge on any atom is 0.327 e. The monoisotopic (exact) mass is 237 g/mol. The lowest BCUT2D eigenvalue weighted by Crippen LogP contribution is -2.24. The van der Waals surface area contributed by atoms with Crippen LogP contribution in [-0.2, 0) is 9.53 Å². The quantitative estimate of drug-likeness (QED) is 0.607. The molecule has 0 radical (unpaired) electrons. The average Bonchev–Trinajstić information content (AvgIpc) is 2.38. The summed E-state index contributed by atoms with van der Waals surface area (Å²) in [7, 11) is 1.59. The topological polar surface area (TPSA) is 61.5 Å². The Hall–Kier alpha value is -1.55. The maximum absolute atomic E-state index is 11.6. The van der Waals surface area contributed by atoms with E-state index in [4.69, 9.17) is 15.2 Å². The molecule has 1 rings (SSSR count). The van der Waals surface area contributed by atoms with E-state index in [2.05, 4.69) is 0 Å². The third kappa shape index (κ3) is 4.07. The molecule has 1 aromatic rings. The predicted molar refractivity (Wildman–Crippen MR) is 65.8 cm³/mol. The Morgan fingerprint density at radius 3 is 2.53 bits per heavy atom. The first kappa shape index (κ1) is 13.5. The van der Waals surface area contributed by atoms with Crippen molar-refractivity contribution in [2.24, 2.45) is 5.73 Å². The number of rotatable bonds is 6. The largest absolute Gasteiger partial charge is 0.497 e. The zero-order chi connectivity index (χ0) is 12.7. The van der Waals surface area contributed by atoms with Crippen molar-refractivity contribution < 1.29 is 14.3 Å². The first-order valence-corrected chi connectivity index (χ1v) is 5.75. The van der Waals surface area contributed by atoms with Crippen LogP contribution in [0.1, 0.15) is 31.4 Å². The van der Waals surface area contributed by atoms with Gasteiger partial charge in [-0.1, -0.05) is 25.5 Å².